The van der Waals surface area contributed by atoms with E-state index in [1.807, 2.05) is 26.0 Å². The second-order valence-corrected chi connectivity index (χ2v) is 8.13. The number of likely N-dealkylation sites (tertiary alicyclic amines) is 1. The lowest BCUT2D eigenvalue weighted by Crippen LogP contribution is -2.43. The quantitative estimate of drug-likeness (QED) is 0.432. The largest absolute Gasteiger partial charge is 0.513 e. The minimum atomic E-state index is -0.832. The Hall–Kier alpha value is -3.07. The van der Waals surface area contributed by atoms with Crippen molar-refractivity contribution >= 4 is 23.9 Å². The van der Waals surface area contributed by atoms with E-state index in [2.05, 4.69) is 11.8 Å². The molecule has 2 aliphatic rings. The molecular weight excluding hydrogens is 382 g/mol. The summed E-state index contributed by atoms with van der Waals surface area (Å²) in [6.45, 7) is 6.85. The summed E-state index contributed by atoms with van der Waals surface area (Å²) in [5.74, 6) is 6.26. The van der Waals surface area contributed by atoms with Gasteiger partial charge in [-0.3, -0.25) is 9.59 Å². The van der Waals surface area contributed by atoms with Crippen LogP contribution in [-0.2, 0) is 19.1 Å². The number of hydrogen-bond acceptors (Lipinski definition) is 5. The van der Waals surface area contributed by atoms with E-state index in [-0.39, 0.29) is 11.2 Å². The Balaban J connectivity index is 2.08. The zero-order valence-corrected chi connectivity index (χ0v) is 18.0. The number of carbonyl (C=O) groups is 3. The maximum atomic E-state index is 13.4. The maximum Gasteiger partial charge on any atom is 0.513 e. The first-order valence-electron chi connectivity index (χ1n) is 10.1. The minimum Gasteiger partial charge on any atom is -0.437 e. The second-order valence-electron chi connectivity index (χ2n) is 8.13. The number of methoxy groups -OCH3 is 1. The van der Waals surface area contributed by atoms with Crippen molar-refractivity contribution < 1.29 is 23.9 Å². The van der Waals surface area contributed by atoms with Crippen LogP contribution in [0.25, 0.3) is 5.57 Å². The lowest BCUT2D eigenvalue weighted by molar-refractivity contribution is -0.122. The molecule has 1 aliphatic heterocycles. The molecule has 0 N–H and O–H groups in total. The van der Waals surface area contributed by atoms with Gasteiger partial charge in [-0.1, -0.05) is 5.92 Å². The molecule has 1 heterocycles. The molecule has 30 heavy (non-hydrogen) atoms. The number of hydrogen-bond donors (Lipinski definition) is 0. The summed E-state index contributed by atoms with van der Waals surface area (Å²) in [5.41, 5.74) is 3.64. The molecule has 1 spiro atoms. The predicted molar refractivity (Wildman–Crippen MR) is 112 cm³/mol. The summed E-state index contributed by atoms with van der Waals surface area (Å²) in [5, 5.41) is 0. The fraction of sp³-hybridized carbons (Fsp3) is 0.458. The lowest BCUT2D eigenvalue weighted by Gasteiger charge is -2.43. The van der Waals surface area contributed by atoms with Crippen LogP contribution >= 0.6 is 0 Å². The van der Waals surface area contributed by atoms with Gasteiger partial charge in [-0.25, -0.2) is 4.79 Å². The van der Waals surface area contributed by atoms with Gasteiger partial charge in [0, 0.05) is 31.5 Å². The highest BCUT2D eigenvalue weighted by Crippen LogP contribution is 2.48. The second kappa shape index (κ2) is 8.74. The van der Waals surface area contributed by atoms with E-state index >= 15 is 0 Å². The Labute approximate surface area is 177 Å². The van der Waals surface area contributed by atoms with Crippen molar-refractivity contribution in [1.82, 2.24) is 4.90 Å². The van der Waals surface area contributed by atoms with Gasteiger partial charge in [0.25, 0.3) is 0 Å². The Morgan fingerprint density at radius 1 is 1.17 bits per heavy atom. The Bertz CT molecular complexity index is 948. The normalized spacial score (nSPS) is 18.0. The van der Waals surface area contributed by atoms with Crippen molar-refractivity contribution in [2.45, 2.75) is 46.5 Å². The van der Waals surface area contributed by atoms with Gasteiger partial charge >= 0.3 is 6.16 Å². The molecule has 1 aromatic rings. The molecule has 6 heteroatoms. The van der Waals surface area contributed by atoms with Gasteiger partial charge in [0.15, 0.2) is 5.78 Å². The summed E-state index contributed by atoms with van der Waals surface area (Å²) < 4.78 is 10.2. The number of piperidine rings is 1. The number of rotatable bonds is 3. The van der Waals surface area contributed by atoms with Gasteiger partial charge in [-0.15, -0.1) is 5.92 Å². The van der Waals surface area contributed by atoms with Gasteiger partial charge < -0.3 is 14.4 Å². The van der Waals surface area contributed by atoms with Crippen LogP contribution in [-0.4, -0.2) is 43.4 Å². The van der Waals surface area contributed by atoms with Crippen LogP contribution in [0, 0.1) is 31.1 Å². The number of carbonyl (C=O) groups excluding carboxylic acids is 3. The van der Waals surface area contributed by atoms with Crippen LogP contribution in [0.5, 0.6) is 0 Å². The molecule has 1 fully saturated rings. The van der Waals surface area contributed by atoms with E-state index in [0.717, 1.165) is 28.7 Å². The molecule has 1 aliphatic carbocycles. The van der Waals surface area contributed by atoms with Crippen LogP contribution in [0.1, 0.15) is 54.9 Å². The standard InChI is InChI=1S/C24H27NO5/c1-5-6-18-11-16(2)21(17(3)12-18)22-19(27)13-24(7-9-25(15-26)10-8-24)14-20(22)30-23(28)29-4/h11-12,15H,7-10,13-14H2,1-4H3. The first kappa shape index (κ1) is 21.6. The molecule has 6 nitrogen and oxygen atoms in total. The first-order chi connectivity index (χ1) is 14.3. The van der Waals surface area contributed by atoms with Crippen molar-refractivity contribution in [3.63, 3.8) is 0 Å². The van der Waals surface area contributed by atoms with Gasteiger partial charge in [-0.05, 0) is 67.9 Å². The summed E-state index contributed by atoms with van der Waals surface area (Å²) in [7, 11) is 1.25. The Morgan fingerprint density at radius 3 is 2.33 bits per heavy atom. The summed E-state index contributed by atoms with van der Waals surface area (Å²) in [6, 6.07) is 3.89. The van der Waals surface area contributed by atoms with Crippen LogP contribution < -0.4 is 0 Å². The molecule has 0 saturated carbocycles. The number of aryl methyl sites for hydroxylation is 2. The number of benzene rings is 1. The predicted octanol–water partition coefficient (Wildman–Crippen LogP) is 3.77. The summed E-state index contributed by atoms with van der Waals surface area (Å²) >= 11 is 0. The van der Waals surface area contributed by atoms with E-state index < -0.39 is 6.16 Å². The zero-order chi connectivity index (χ0) is 21.9. The van der Waals surface area contributed by atoms with Crippen molar-refractivity contribution in [3.8, 4) is 11.8 Å². The highest BCUT2D eigenvalue weighted by atomic mass is 16.7. The molecular formula is C24H27NO5. The van der Waals surface area contributed by atoms with E-state index in [0.29, 0.717) is 50.1 Å². The first-order valence-corrected chi connectivity index (χ1v) is 10.1. The van der Waals surface area contributed by atoms with Crippen molar-refractivity contribution in [2.24, 2.45) is 5.41 Å². The lowest BCUT2D eigenvalue weighted by atomic mass is 9.66. The number of amides is 1. The molecule has 0 radical (unpaired) electrons. The summed E-state index contributed by atoms with van der Waals surface area (Å²) in [6.07, 6.45) is 2.24. The van der Waals surface area contributed by atoms with Crippen LogP contribution in [0.15, 0.2) is 17.9 Å². The fourth-order valence-corrected chi connectivity index (χ4v) is 4.62. The van der Waals surface area contributed by atoms with Crippen LogP contribution in [0.4, 0.5) is 4.79 Å². The third kappa shape index (κ3) is 4.25. The van der Waals surface area contributed by atoms with Crippen molar-refractivity contribution in [1.29, 1.82) is 0 Å². The van der Waals surface area contributed by atoms with Crippen molar-refractivity contribution in [3.05, 3.63) is 40.1 Å². The topological polar surface area (TPSA) is 72.9 Å². The SMILES string of the molecule is CC#Cc1cc(C)c(C2=C(OC(=O)OC)CC3(CCN(C=O)CC3)CC2=O)c(C)c1. The van der Waals surface area contributed by atoms with Crippen molar-refractivity contribution in [2.75, 3.05) is 20.2 Å². The highest BCUT2D eigenvalue weighted by molar-refractivity contribution is 6.23. The molecule has 1 aromatic carbocycles. The van der Waals surface area contributed by atoms with E-state index in [1.165, 1.54) is 7.11 Å². The van der Waals surface area contributed by atoms with Crippen LogP contribution in [0.2, 0.25) is 0 Å². The van der Waals surface area contributed by atoms with Gasteiger partial charge in [-0.2, -0.15) is 0 Å². The molecule has 3 rings (SSSR count). The van der Waals surface area contributed by atoms with Gasteiger partial charge in [0.05, 0.1) is 12.7 Å². The Morgan fingerprint density at radius 2 is 1.80 bits per heavy atom. The number of allylic oxidation sites excluding steroid dienone is 2. The molecule has 0 unspecified atom stereocenters. The fourth-order valence-electron chi connectivity index (χ4n) is 4.62. The van der Waals surface area contributed by atoms with Crippen LogP contribution in [0.3, 0.4) is 0 Å². The molecule has 0 bridgehead atoms. The number of ketones is 1. The molecule has 1 saturated heterocycles. The third-order valence-electron chi connectivity index (χ3n) is 6.06. The summed E-state index contributed by atoms with van der Waals surface area (Å²) in [4.78, 5) is 38.2. The zero-order valence-electron chi connectivity index (χ0n) is 18.0. The van der Waals surface area contributed by atoms with E-state index in [4.69, 9.17) is 9.47 Å². The smallest absolute Gasteiger partial charge is 0.437 e. The van der Waals surface area contributed by atoms with E-state index in [9.17, 15) is 14.4 Å². The molecule has 158 valence electrons. The number of nitrogens with zero attached hydrogens (tertiary/aromatic N) is 1. The highest BCUT2D eigenvalue weighted by Gasteiger charge is 2.44. The number of Topliss-reactive ketones (excluding diaryl/α,β-unsaturated/α-hetero) is 1. The van der Waals surface area contributed by atoms with Gasteiger partial charge in [0.1, 0.15) is 5.76 Å². The van der Waals surface area contributed by atoms with E-state index in [1.54, 1.807) is 11.8 Å². The number of ether oxygens (including phenoxy) is 2. The molecule has 0 aromatic heterocycles. The molecule has 1 amide bonds. The van der Waals surface area contributed by atoms with Gasteiger partial charge in [0.2, 0.25) is 6.41 Å². The average molecular weight is 409 g/mol. The average Bonchev–Trinajstić information content (AvgIpc) is 2.70. The monoisotopic (exact) mass is 409 g/mol. The minimum absolute atomic E-state index is 0.0415. The maximum absolute atomic E-state index is 13.4. The third-order valence-corrected chi connectivity index (χ3v) is 6.06. The molecule has 0 atom stereocenters. The Kier molecular flexibility index (Phi) is 6.31.